The van der Waals surface area contributed by atoms with Gasteiger partial charge in [0.1, 0.15) is 0 Å². The Kier molecular flexibility index (Phi) is 6.01. The Balaban J connectivity index is 2.49. The van der Waals surface area contributed by atoms with E-state index >= 15 is 0 Å². The van der Waals surface area contributed by atoms with Gasteiger partial charge in [-0.1, -0.05) is 50.1 Å². The number of ether oxygens (including phenoxy) is 2. The van der Waals surface area contributed by atoms with Gasteiger partial charge in [-0.3, -0.25) is 4.79 Å². The molecule has 2 rings (SSSR count). The van der Waals surface area contributed by atoms with Crippen LogP contribution >= 0.6 is 0 Å². The van der Waals surface area contributed by atoms with Gasteiger partial charge in [0, 0.05) is 0 Å². The maximum absolute atomic E-state index is 13.0. The van der Waals surface area contributed by atoms with E-state index in [1.165, 1.54) is 0 Å². The standard InChI is InChI=1S/C18H24N2O5/c1-4-7-13-18(14-11-9-8-10-12-14)15(21)19(16(22)24-5-2)20(18)17(23)25-6-3/h8-12H,4-7,13H2,1-3H3/t18-/m1/s1. The third-order valence-corrected chi connectivity index (χ3v) is 4.13. The van der Waals surface area contributed by atoms with Crippen LogP contribution in [-0.4, -0.2) is 41.3 Å². The van der Waals surface area contributed by atoms with Crippen LogP contribution in [-0.2, 0) is 19.8 Å². The molecule has 0 unspecified atom stereocenters. The summed E-state index contributed by atoms with van der Waals surface area (Å²) in [4.78, 5) is 37.7. The number of carbonyl (C=O) groups excluding carboxylic acids is 3. The topological polar surface area (TPSA) is 76.2 Å². The highest BCUT2D eigenvalue weighted by Crippen LogP contribution is 2.45. The normalized spacial score (nSPS) is 19.4. The number of hydrogen-bond donors (Lipinski definition) is 0. The molecule has 1 atom stereocenters. The predicted molar refractivity (Wildman–Crippen MR) is 90.4 cm³/mol. The van der Waals surface area contributed by atoms with E-state index < -0.39 is 23.6 Å². The molecule has 0 radical (unpaired) electrons. The van der Waals surface area contributed by atoms with Gasteiger partial charge in [-0.2, -0.15) is 5.01 Å². The summed E-state index contributed by atoms with van der Waals surface area (Å²) in [6.45, 7) is 5.55. The van der Waals surface area contributed by atoms with Crippen molar-refractivity contribution >= 4 is 18.1 Å². The first kappa shape index (κ1) is 18.8. The second-order valence-electron chi connectivity index (χ2n) is 5.66. The highest BCUT2D eigenvalue weighted by Gasteiger charge is 2.65. The van der Waals surface area contributed by atoms with Crippen molar-refractivity contribution in [3.8, 4) is 0 Å². The third-order valence-electron chi connectivity index (χ3n) is 4.13. The van der Waals surface area contributed by atoms with Crippen molar-refractivity contribution in [2.24, 2.45) is 0 Å². The van der Waals surface area contributed by atoms with Gasteiger partial charge in [-0.15, -0.1) is 5.01 Å². The molecule has 0 aromatic heterocycles. The first-order valence-corrected chi connectivity index (χ1v) is 8.58. The van der Waals surface area contributed by atoms with Crippen LogP contribution < -0.4 is 0 Å². The molecule has 3 amide bonds. The molecule has 136 valence electrons. The third kappa shape index (κ3) is 3.18. The number of carbonyl (C=O) groups is 3. The number of rotatable bonds is 6. The number of hydrogen-bond acceptors (Lipinski definition) is 5. The average Bonchev–Trinajstić information content (AvgIpc) is 2.61. The molecule has 1 aromatic carbocycles. The molecular weight excluding hydrogens is 324 g/mol. The number of hydrazine groups is 1. The minimum absolute atomic E-state index is 0.104. The summed E-state index contributed by atoms with van der Waals surface area (Å²) in [5.41, 5.74) is -0.585. The van der Waals surface area contributed by atoms with Crippen LogP contribution in [0.5, 0.6) is 0 Å². The highest BCUT2D eigenvalue weighted by atomic mass is 16.6. The van der Waals surface area contributed by atoms with Gasteiger partial charge in [-0.05, 0) is 25.8 Å². The fourth-order valence-electron chi connectivity index (χ4n) is 3.00. The average molecular weight is 348 g/mol. The molecule has 7 heteroatoms. The summed E-state index contributed by atoms with van der Waals surface area (Å²) in [7, 11) is 0. The number of benzene rings is 1. The van der Waals surface area contributed by atoms with Crippen LogP contribution in [0.25, 0.3) is 0 Å². The van der Waals surface area contributed by atoms with E-state index in [1.807, 2.05) is 13.0 Å². The monoisotopic (exact) mass is 348 g/mol. The zero-order chi connectivity index (χ0) is 18.4. The molecule has 0 bridgehead atoms. The summed E-state index contributed by atoms with van der Waals surface area (Å²) >= 11 is 0. The van der Waals surface area contributed by atoms with Crippen molar-refractivity contribution < 1.29 is 23.9 Å². The molecular formula is C18H24N2O5. The van der Waals surface area contributed by atoms with Crippen molar-refractivity contribution in [2.75, 3.05) is 13.2 Å². The Labute approximate surface area is 147 Å². The van der Waals surface area contributed by atoms with Crippen LogP contribution in [0.3, 0.4) is 0 Å². The second-order valence-corrected chi connectivity index (χ2v) is 5.66. The lowest BCUT2D eigenvalue weighted by molar-refractivity contribution is -0.204. The molecule has 1 aliphatic heterocycles. The predicted octanol–water partition coefficient (Wildman–Crippen LogP) is 3.44. The summed E-state index contributed by atoms with van der Waals surface area (Å²) in [5.74, 6) is -0.473. The van der Waals surface area contributed by atoms with Crippen LogP contribution in [0.2, 0.25) is 0 Å². The molecule has 1 aromatic rings. The van der Waals surface area contributed by atoms with E-state index in [9.17, 15) is 14.4 Å². The fourth-order valence-corrected chi connectivity index (χ4v) is 3.00. The smallest absolute Gasteiger partial charge is 0.436 e. The molecule has 1 aliphatic rings. The van der Waals surface area contributed by atoms with Gasteiger partial charge in [0.15, 0.2) is 5.54 Å². The molecule has 0 spiro atoms. The van der Waals surface area contributed by atoms with Crippen molar-refractivity contribution in [3.05, 3.63) is 35.9 Å². The quantitative estimate of drug-likeness (QED) is 0.787. The SMILES string of the molecule is CCCC[C@@]1(c2ccccc2)C(=O)N(C(=O)OCC)N1C(=O)OCC. The first-order valence-electron chi connectivity index (χ1n) is 8.58. The lowest BCUT2D eigenvalue weighted by Crippen LogP contribution is -2.78. The Morgan fingerprint density at radius 1 is 1.00 bits per heavy atom. The molecule has 0 N–H and O–H groups in total. The molecule has 0 saturated carbocycles. The van der Waals surface area contributed by atoms with Gasteiger partial charge in [-0.25, -0.2) is 9.59 Å². The van der Waals surface area contributed by atoms with Crippen LogP contribution in [0.1, 0.15) is 45.6 Å². The lowest BCUT2D eigenvalue weighted by atomic mass is 9.79. The van der Waals surface area contributed by atoms with Gasteiger partial charge < -0.3 is 9.47 Å². The number of amides is 3. The fraction of sp³-hybridized carbons (Fsp3) is 0.500. The number of imide groups is 1. The molecule has 7 nitrogen and oxygen atoms in total. The summed E-state index contributed by atoms with van der Waals surface area (Å²) in [6, 6.07) is 8.99. The zero-order valence-corrected chi connectivity index (χ0v) is 14.9. The second kappa shape index (κ2) is 8.00. The van der Waals surface area contributed by atoms with E-state index in [0.29, 0.717) is 18.4 Å². The first-order chi connectivity index (χ1) is 12.0. The number of unbranched alkanes of at least 4 members (excludes halogenated alkanes) is 1. The number of nitrogens with zero attached hydrogens (tertiary/aromatic N) is 2. The van der Waals surface area contributed by atoms with Crippen molar-refractivity contribution in [3.63, 3.8) is 0 Å². The van der Waals surface area contributed by atoms with E-state index in [-0.39, 0.29) is 13.2 Å². The molecule has 1 fully saturated rings. The Morgan fingerprint density at radius 3 is 2.16 bits per heavy atom. The van der Waals surface area contributed by atoms with E-state index in [4.69, 9.17) is 9.47 Å². The van der Waals surface area contributed by atoms with Crippen LogP contribution in [0, 0.1) is 0 Å². The Morgan fingerprint density at radius 2 is 1.60 bits per heavy atom. The molecule has 25 heavy (non-hydrogen) atoms. The van der Waals surface area contributed by atoms with Crippen molar-refractivity contribution in [1.82, 2.24) is 10.0 Å². The minimum Gasteiger partial charge on any atom is -0.448 e. The molecule has 1 saturated heterocycles. The van der Waals surface area contributed by atoms with Gasteiger partial charge >= 0.3 is 12.2 Å². The van der Waals surface area contributed by atoms with E-state index in [0.717, 1.165) is 16.4 Å². The maximum atomic E-state index is 13.0. The summed E-state index contributed by atoms with van der Waals surface area (Å²) in [5, 5.41) is 1.84. The van der Waals surface area contributed by atoms with Gasteiger partial charge in [0.05, 0.1) is 13.2 Å². The highest BCUT2D eigenvalue weighted by molar-refractivity contribution is 6.06. The maximum Gasteiger partial charge on any atom is 0.436 e. The summed E-state index contributed by atoms with van der Waals surface area (Å²) < 4.78 is 10.0. The van der Waals surface area contributed by atoms with Crippen LogP contribution in [0.15, 0.2) is 30.3 Å². The lowest BCUT2D eigenvalue weighted by Gasteiger charge is -2.55. The minimum atomic E-state index is -1.24. The van der Waals surface area contributed by atoms with Gasteiger partial charge in [0.25, 0.3) is 5.91 Å². The Bertz CT molecular complexity index is 634. The van der Waals surface area contributed by atoms with E-state index in [1.54, 1.807) is 38.1 Å². The van der Waals surface area contributed by atoms with E-state index in [2.05, 4.69) is 0 Å². The molecule has 0 aliphatic carbocycles. The van der Waals surface area contributed by atoms with Gasteiger partial charge in [0.2, 0.25) is 0 Å². The van der Waals surface area contributed by atoms with Crippen molar-refractivity contribution in [2.45, 2.75) is 45.6 Å². The molecule has 1 heterocycles. The largest absolute Gasteiger partial charge is 0.448 e. The zero-order valence-electron chi connectivity index (χ0n) is 14.9. The Hall–Kier alpha value is -2.57. The van der Waals surface area contributed by atoms with Crippen molar-refractivity contribution in [1.29, 1.82) is 0 Å². The summed E-state index contributed by atoms with van der Waals surface area (Å²) in [6.07, 6.45) is 0.352. The van der Waals surface area contributed by atoms with Crippen LogP contribution in [0.4, 0.5) is 9.59 Å².